The molecule has 0 saturated carbocycles. The maximum absolute atomic E-state index is 12.7. The molecule has 3 fully saturated rings. The topological polar surface area (TPSA) is 361 Å². The first-order valence-electron chi connectivity index (χ1n) is 46.6. The summed E-state index contributed by atoms with van der Waals surface area (Å²) < 4.78 is 16.0. The van der Waals surface area contributed by atoms with Crippen molar-refractivity contribution in [3.8, 4) is 0 Å². The fourth-order valence-corrected chi connectivity index (χ4v) is 13.8. The molecule has 3 saturated heterocycles. The highest BCUT2D eigenvalue weighted by Crippen LogP contribution is 2.37. The first-order valence-corrected chi connectivity index (χ1v) is 48.1. The van der Waals surface area contributed by atoms with Gasteiger partial charge < -0.3 is 40.4 Å². The Bertz CT molecular complexity index is 3330. The van der Waals surface area contributed by atoms with E-state index >= 15 is 0 Å². The molecule has 23 nitrogen and oxygen atoms in total. The molecule has 126 heavy (non-hydrogen) atoms. The number of rotatable bonds is 39. The van der Waals surface area contributed by atoms with E-state index in [1.807, 2.05) is 153 Å². The molecular formula is C101H174BrClN6O17. The Morgan fingerprint density at radius 3 is 1.10 bits per heavy atom. The molecule has 0 aromatic heterocycles. The summed E-state index contributed by atoms with van der Waals surface area (Å²) in [6, 6.07) is 28.5. The number of nitrogens with two attached hydrogens (primary N) is 1. The number of carbonyl (C=O) groups excluding carboxylic acids is 7. The van der Waals surface area contributed by atoms with E-state index in [1.165, 1.54) is 36.0 Å². The monoisotopic (exact) mass is 1860 g/mol. The molecule has 0 radical (unpaired) electrons. The highest BCUT2D eigenvalue weighted by atomic mass is 79.9. The number of ketones is 1. The third kappa shape index (κ3) is 66.2. The number of cyclic esters (lactones) is 3. The van der Waals surface area contributed by atoms with Crippen molar-refractivity contribution in [1.82, 2.24) is 9.80 Å². The normalized spacial score (nSPS) is 17.1. The van der Waals surface area contributed by atoms with Crippen molar-refractivity contribution in [2.75, 3.05) is 25.0 Å². The van der Waals surface area contributed by atoms with E-state index in [0.29, 0.717) is 110 Å². The zero-order valence-electron chi connectivity index (χ0n) is 82.9. The molecule has 3 aliphatic rings. The highest BCUT2D eigenvalue weighted by molar-refractivity contribution is 9.09. The van der Waals surface area contributed by atoms with Crippen LogP contribution >= 0.6 is 27.5 Å². The van der Waals surface area contributed by atoms with Gasteiger partial charge in [0.1, 0.15) is 24.1 Å². The number of aliphatic carboxylic acids is 3. The lowest BCUT2D eigenvalue weighted by molar-refractivity contribution is -0.143. The number of ether oxygens (including phenoxy) is 3. The van der Waals surface area contributed by atoms with Crippen molar-refractivity contribution < 1.29 is 82.6 Å². The van der Waals surface area contributed by atoms with Crippen molar-refractivity contribution in [1.29, 1.82) is 0 Å². The minimum Gasteiger partial charge on any atom is -0.481 e. The van der Waals surface area contributed by atoms with E-state index < -0.39 is 30.1 Å². The molecule has 724 valence electrons. The fraction of sp³-hybridized carbons (Fsp3) is 0.723. The minimum absolute atomic E-state index is 0.0336. The van der Waals surface area contributed by atoms with Gasteiger partial charge in [-0.3, -0.25) is 38.4 Å². The number of halogens is 2. The Balaban J connectivity index is -0.000000437. The van der Waals surface area contributed by atoms with E-state index in [4.69, 9.17) is 57.5 Å². The smallest absolute Gasteiger partial charge is 0.417 e. The summed E-state index contributed by atoms with van der Waals surface area (Å²) >= 11 is 8.05. The van der Waals surface area contributed by atoms with Crippen LogP contribution in [0.15, 0.2) is 96.1 Å². The maximum atomic E-state index is 12.7. The molecule has 11 atom stereocenters. The number of carboxylic acids is 3. The third-order valence-corrected chi connectivity index (χ3v) is 21.8. The summed E-state index contributed by atoms with van der Waals surface area (Å²) in [5.74, 6) is 5.29. The molecule has 6 rings (SSSR count). The Morgan fingerprint density at radius 2 is 0.833 bits per heavy atom. The van der Waals surface area contributed by atoms with Gasteiger partial charge in [-0.2, -0.15) is 0 Å². The van der Waals surface area contributed by atoms with Gasteiger partial charge in [0.2, 0.25) is 17.1 Å². The first kappa shape index (κ1) is 127. The number of hydrogen-bond donors (Lipinski definition) is 5. The zero-order chi connectivity index (χ0) is 97.9. The molecule has 6 unspecified atom stereocenters. The van der Waals surface area contributed by atoms with Gasteiger partial charge in [-0.15, -0.1) is 0 Å². The van der Waals surface area contributed by atoms with Crippen molar-refractivity contribution in [2.45, 2.75) is 353 Å². The molecule has 0 aliphatic carbocycles. The predicted molar refractivity (Wildman–Crippen MR) is 518 cm³/mol. The van der Waals surface area contributed by atoms with Crippen molar-refractivity contribution >= 4 is 86.4 Å². The van der Waals surface area contributed by atoms with Crippen LogP contribution in [0.3, 0.4) is 0 Å². The van der Waals surface area contributed by atoms with Gasteiger partial charge in [-0.25, -0.2) is 19.4 Å². The number of nitrogens with zero attached hydrogens (tertiary/aromatic N) is 5. The van der Waals surface area contributed by atoms with Crippen LogP contribution in [0.4, 0.5) is 9.59 Å². The summed E-state index contributed by atoms with van der Waals surface area (Å²) in [5, 5.41) is 37.9. The molecule has 3 aliphatic heterocycles. The Hall–Kier alpha value is -7.24. The first-order chi connectivity index (χ1) is 59.0. The molecule has 25 heteroatoms. The lowest BCUT2D eigenvalue weighted by Crippen LogP contribution is -2.41. The van der Waals surface area contributed by atoms with Crippen LogP contribution in [0, 0.1) is 94.7 Å². The number of imide groups is 2. The molecular weight excluding hydrogens is 1680 g/mol. The Kier molecular flexibility index (Phi) is 77.4. The largest absolute Gasteiger partial charge is 0.481 e. The van der Waals surface area contributed by atoms with Crippen LogP contribution in [-0.2, 0) is 52.6 Å². The molecule has 6 N–H and O–H groups in total. The number of aliphatic hydroxyl groups excluding tert-OH is 1. The molecule has 3 aromatic rings. The third-order valence-electron chi connectivity index (χ3n) is 20.9. The lowest BCUT2D eigenvalue weighted by atomic mass is 9.92. The second kappa shape index (κ2) is 76.6. The molecule has 3 heterocycles. The van der Waals surface area contributed by atoms with E-state index in [2.05, 4.69) is 151 Å². The number of benzene rings is 3. The number of carbonyl (C=O) groups is 10. The van der Waals surface area contributed by atoms with E-state index in [9.17, 15) is 47.9 Å². The number of carboxylic acid groups (broad SMARTS) is 3. The fourth-order valence-electron chi connectivity index (χ4n) is 13.7. The van der Waals surface area contributed by atoms with Crippen LogP contribution < -0.4 is 5.73 Å². The van der Waals surface area contributed by atoms with Crippen molar-refractivity contribution in [3.63, 3.8) is 0 Å². The number of Topliss-reactive ketones (excluding diaryl/α,β-unsaturated/α-hetero) is 1. The van der Waals surface area contributed by atoms with E-state index in [-0.39, 0.29) is 83.4 Å². The Labute approximate surface area is 775 Å². The number of amides is 4. The summed E-state index contributed by atoms with van der Waals surface area (Å²) in [6.07, 6.45) is 15.2. The standard InChI is InChI=1S/C18H25NO3.C16H21NO3.C11H12O2.C9H20.C8H17N3.C8H17NO2.C8H16O2.C8H18O.C6H11ClO.C6H12O2.C3H5BrO/c1-5-14(11-12(2)3)17(20)19-13(4)16(22-18(19)21)15-9-7-6-8-10-15;1-11(2)9-10-14(18)17-12(3)15(20-16(17)19)13-7-5-4-6-8-13;1-8-7-10(12)13-11(8)9-5-3-2-4-6-9;1-5-9(6-2)7-8(3)4;1-4-8(5-7(2)3)6-10-11-9;1-6(2)3-7(5-9)4-8(10)11;1-4-7(8(9)10)5-6(2)3;1-4-8(6-9)5-7(2)3;2*1-5(2)3-4-6(7)8;1-3(5)2-4/h6-10,12-14,16H,5,11H2,1-4H3;4-8,11-12,15H,9-10H2,1-3H3;2-6,8,11H,7H2,1H3;8-9H,5-7H2,1-4H3;7-8H,4-6H2,1-3H3;6-7H,3-5,9H2,1-2H3,(H,10,11);6-7H,4-5H2,1-3H3,(H,9,10);7-9H,4-6H2,1-3H3;5H,3-4H2,1-2H3;5H,3-4H2,1-2H3,(H,7,8);2H2,1H3/t13?,14-,16?;;;;8-;2*7-;8-;;;/m1...1011.../s1. The van der Waals surface area contributed by atoms with Crippen LogP contribution in [0.5, 0.6) is 0 Å². The van der Waals surface area contributed by atoms with Crippen molar-refractivity contribution in [3.05, 3.63) is 118 Å². The highest BCUT2D eigenvalue weighted by Gasteiger charge is 2.46. The number of aliphatic hydroxyl groups is 1. The summed E-state index contributed by atoms with van der Waals surface area (Å²) in [7, 11) is 0. The van der Waals surface area contributed by atoms with Gasteiger partial charge in [0.05, 0.1) is 29.8 Å². The second-order valence-corrected chi connectivity index (χ2v) is 38.1. The minimum atomic E-state index is -0.749. The van der Waals surface area contributed by atoms with Gasteiger partial charge in [0.15, 0.2) is 0 Å². The molecule has 3 aromatic carbocycles. The Morgan fingerprint density at radius 1 is 0.484 bits per heavy atom. The van der Waals surface area contributed by atoms with E-state index in [0.717, 1.165) is 111 Å². The SMILES string of the molecule is CC(=O)CBr.CC(C)CCC(=O)Cl.CC(C)CCC(=O)N1C(=O)OC(c2ccccc2)C1C.CC(C)CCC(=O)O.CC(C)C[C@H](CN)CC(=O)O.CC1CC(=O)OC1c1ccccc1.CCC(CC)CC(C)C.CC[C@@H](CN=[N+]=[N-])CC(C)C.CC[C@@H](CO)CC(C)C.CC[C@H](CC(C)C)C(=O)N1C(=O)OC(c2ccccc2)C1C.CC[C@H](CC(C)C)C(=O)O. The quantitative estimate of drug-likeness (QED) is 0.00673. The zero-order valence-corrected chi connectivity index (χ0v) is 85.3. The average molecular weight is 1860 g/mol. The average Bonchev–Trinajstić information content (AvgIpc) is 1.65. The van der Waals surface area contributed by atoms with Gasteiger partial charge >= 0.3 is 36.1 Å². The molecule has 0 bridgehead atoms. The van der Waals surface area contributed by atoms with Gasteiger partial charge in [0, 0.05) is 55.6 Å². The number of hydrogen-bond acceptors (Lipinski definition) is 16. The lowest BCUT2D eigenvalue weighted by Gasteiger charge is -2.24. The van der Waals surface area contributed by atoms with Gasteiger partial charge in [-0.1, -0.05) is 311 Å². The van der Waals surface area contributed by atoms with Crippen LogP contribution in [-0.4, -0.2) is 126 Å². The van der Waals surface area contributed by atoms with E-state index in [1.54, 1.807) is 0 Å². The molecule has 0 spiro atoms. The van der Waals surface area contributed by atoms with Crippen LogP contribution in [0.1, 0.15) is 357 Å². The summed E-state index contributed by atoms with van der Waals surface area (Å²) in [6.45, 7) is 59.7. The van der Waals surface area contributed by atoms with Crippen molar-refractivity contribution in [2.24, 2.45) is 106 Å². The van der Waals surface area contributed by atoms with Crippen LogP contribution in [0.2, 0.25) is 0 Å². The number of azide groups is 1. The number of esters is 1. The number of alkyl halides is 1. The van der Waals surface area contributed by atoms with Gasteiger partial charge in [-0.05, 0) is 209 Å². The summed E-state index contributed by atoms with van der Waals surface area (Å²) in [5.41, 5.74) is 16.5. The molecule has 4 amide bonds. The summed E-state index contributed by atoms with van der Waals surface area (Å²) in [4.78, 5) is 116. The predicted octanol–water partition coefficient (Wildman–Crippen LogP) is 26.8. The van der Waals surface area contributed by atoms with Gasteiger partial charge in [0.25, 0.3) is 0 Å². The van der Waals surface area contributed by atoms with Crippen LogP contribution in [0.25, 0.3) is 10.4 Å². The second-order valence-electron chi connectivity index (χ2n) is 37.1. The maximum Gasteiger partial charge on any atom is 0.417 e.